The Kier molecular flexibility index (Phi) is 3.61. The Bertz CT molecular complexity index is 350. The van der Waals surface area contributed by atoms with E-state index >= 15 is 0 Å². The molecule has 102 valence electrons. The molecule has 2 unspecified atom stereocenters. The molecule has 2 aliphatic rings. The fraction of sp³-hybridized carbons (Fsp3) is 0.846. The summed E-state index contributed by atoms with van der Waals surface area (Å²) in [5, 5.41) is 12.6. The molecule has 1 aliphatic carbocycles. The van der Waals surface area contributed by atoms with Gasteiger partial charge in [0.15, 0.2) is 0 Å². The van der Waals surface area contributed by atoms with E-state index in [1.165, 1.54) is 0 Å². The van der Waals surface area contributed by atoms with Gasteiger partial charge in [0, 0.05) is 18.9 Å². The van der Waals surface area contributed by atoms with Crippen LogP contribution in [-0.4, -0.2) is 47.1 Å². The summed E-state index contributed by atoms with van der Waals surface area (Å²) in [7, 11) is 0. The number of likely N-dealkylation sites (tertiary alicyclic amines) is 1. The van der Waals surface area contributed by atoms with Crippen LogP contribution in [0, 0.1) is 11.8 Å². The highest BCUT2D eigenvalue weighted by Gasteiger charge is 2.42. The molecule has 0 aromatic heterocycles. The van der Waals surface area contributed by atoms with Gasteiger partial charge in [-0.15, -0.1) is 0 Å². The van der Waals surface area contributed by atoms with Crippen LogP contribution in [-0.2, 0) is 9.59 Å². The van der Waals surface area contributed by atoms with Crippen LogP contribution < -0.4 is 5.32 Å². The number of aliphatic hydroxyl groups is 1. The summed E-state index contributed by atoms with van der Waals surface area (Å²) in [6.07, 6.45) is 1.97. The van der Waals surface area contributed by atoms with Crippen LogP contribution in [0.5, 0.6) is 0 Å². The maximum Gasteiger partial charge on any atom is 0.224 e. The van der Waals surface area contributed by atoms with E-state index in [1.54, 1.807) is 4.90 Å². The van der Waals surface area contributed by atoms with Gasteiger partial charge in [-0.3, -0.25) is 9.59 Å². The fourth-order valence-electron chi connectivity index (χ4n) is 2.33. The second kappa shape index (κ2) is 4.88. The Balaban J connectivity index is 1.60. The summed E-state index contributed by atoms with van der Waals surface area (Å²) in [4.78, 5) is 24.9. The van der Waals surface area contributed by atoms with E-state index in [9.17, 15) is 14.7 Å². The predicted octanol–water partition coefficient (Wildman–Crippen LogP) is 0.132. The molecule has 1 saturated carbocycles. The lowest BCUT2D eigenvalue weighted by Gasteiger charge is -2.46. The van der Waals surface area contributed by atoms with Crippen molar-refractivity contribution >= 4 is 11.8 Å². The Morgan fingerprint density at radius 3 is 2.56 bits per heavy atom. The van der Waals surface area contributed by atoms with Crippen LogP contribution in [0.1, 0.15) is 33.1 Å². The number of nitrogens with one attached hydrogen (secondary N) is 1. The van der Waals surface area contributed by atoms with Crippen LogP contribution in [0.2, 0.25) is 0 Å². The number of carbonyl (C=O) groups excluding carboxylic acids is 2. The van der Waals surface area contributed by atoms with Crippen molar-refractivity contribution < 1.29 is 14.7 Å². The Hall–Kier alpha value is -1.10. The van der Waals surface area contributed by atoms with Gasteiger partial charge < -0.3 is 15.3 Å². The number of rotatable bonds is 5. The lowest BCUT2D eigenvalue weighted by atomic mass is 9.91. The maximum atomic E-state index is 11.7. The summed E-state index contributed by atoms with van der Waals surface area (Å²) in [5.41, 5.74) is -0.678. The number of hydrogen-bond donors (Lipinski definition) is 2. The highest BCUT2D eigenvalue weighted by atomic mass is 16.3. The van der Waals surface area contributed by atoms with Crippen LogP contribution in [0.25, 0.3) is 0 Å². The molecule has 1 aliphatic heterocycles. The third-order valence-electron chi connectivity index (χ3n) is 4.07. The largest absolute Gasteiger partial charge is 0.386 e. The van der Waals surface area contributed by atoms with Gasteiger partial charge in [0.2, 0.25) is 11.8 Å². The van der Waals surface area contributed by atoms with Crippen molar-refractivity contribution in [3.05, 3.63) is 0 Å². The Labute approximate surface area is 108 Å². The summed E-state index contributed by atoms with van der Waals surface area (Å²) in [5.74, 6) is 0.742. The first-order valence-corrected chi connectivity index (χ1v) is 6.73. The van der Waals surface area contributed by atoms with E-state index in [-0.39, 0.29) is 17.7 Å². The molecule has 0 bridgehead atoms. The van der Waals surface area contributed by atoms with Crippen LogP contribution in [0.3, 0.4) is 0 Å². The van der Waals surface area contributed by atoms with Crippen molar-refractivity contribution in [3.63, 3.8) is 0 Å². The van der Waals surface area contributed by atoms with E-state index in [4.69, 9.17) is 0 Å². The molecular formula is C13H22N2O3. The molecule has 0 radical (unpaired) electrons. The normalized spacial score (nSPS) is 28.5. The molecular weight excluding hydrogens is 232 g/mol. The van der Waals surface area contributed by atoms with Crippen molar-refractivity contribution in [2.75, 3.05) is 19.6 Å². The van der Waals surface area contributed by atoms with Crippen molar-refractivity contribution in [2.45, 2.75) is 38.7 Å². The molecule has 2 atom stereocenters. The van der Waals surface area contributed by atoms with Gasteiger partial charge >= 0.3 is 0 Å². The molecule has 0 aromatic carbocycles. The molecule has 5 heteroatoms. The lowest BCUT2D eigenvalue weighted by molar-refractivity contribution is -0.155. The van der Waals surface area contributed by atoms with E-state index in [0.29, 0.717) is 38.4 Å². The Morgan fingerprint density at radius 2 is 2.06 bits per heavy atom. The van der Waals surface area contributed by atoms with Gasteiger partial charge in [-0.25, -0.2) is 0 Å². The predicted molar refractivity (Wildman–Crippen MR) is 66.7 cm³/mol. The molecule has 5 nitrogen and oxygen atoms in total. The zero-order valence-electron chi connectivity index (χ0n) is 11.1. The van der Waals surface area contributed by atoms with Crippen molar-refractivity contribution in [1.82, 2.24) is 10.2 Å². The molecule has 18 heavy (non-hydrogen) atoms. The number of carbonyl (C=O) groups is 2. The smallest absolute Gasteiger partial charge is 0.224 e. The standard InChI is InChI=1S/C13H22N2O3/c1-3-13(18)7-15(8-13)11(16)4-5-14-12(17)10-6-9(10)2/h9-10,18H,3-8H2,1-2H3,(H,14,17). The molecule has 1 heterocycles. The minimum absolute atomic E-state index is 0.0114. The number of nitrogens with zero attached hydrogens (tertiary/aromatic N) is 1. The topological polar surface area (TPSA) is 69.6 Å². The summed E-state index contributed by atoms with van der Waals surface area (Å²) >= 11 is 0. The van der Waals surface area contributed by atoms with Crippen molar-refractivity contribution in [1.29, 1.82) is 0 Å². The molecule has 2 N–H and O–H groups in total. The SMILES string of the molecule is CCC1(O)CN(C(=O)CCNC(=O)C2CC2C)C1. The monoisotopic (exact) mass is 254 g/mol. The molecule has 0 aromatic rings. The fourth-order valence-corrected chi connectivity index (χ4v) is 2.33. The van der Waals surface area contributed by atoms with Crippen LogP contribution in [0.15, 0.2) is 0 Å². The lowest BCUT2D eigenvalue weighted by Crippen LogP contribution is -2.63. The zero-order valence-corrected chi connectivity index (χ0v) is 11.1. The number of amides is 2. The molecule has 1 saturated heterocycles. The second-order valence-corrected chi connectivity index (χ2v) is 5.69. The van der Waals surface area contributed by atoms with E-state index in [2.05, 4.69) is 12.2 Å². The maximum absolute atomic E-state index is 11.7. The third-order valence-corrected chi connectivity index (χ3v) is 4.07. The Morgan fingerprint density at radius 1 is 1.44 bits per heavy atom. The first-order chi connectivity index (χ1) is 8.45. The number of β-amino-alcohol motifs (C(OH)–C–C–N with tert-alkyl or cyclic N) is 1. The van der Waals surface area contributed by atoms with Gasteiger partial charge in [0.05, 0.1) is 18.7 Å². The first kappa shape index (κ1) is 13.3. The van der Waals surface area contributed by atoms with Gasteiger partial charge in [0.1, 0.15) is 0 Å². The molecule has 0 spiro atoms. The quantitative estimate of drug-likeness (QED) is 0.733. The summed E-state index contributed by atoms with van der Waals surface area (Å²) < 4.78 is 0. The summed E-state index contributed by atoms with van der Waals surface area (Å²) in [6, 6.07) is 0. The minimum Gasteiger partial charge on any atom is -0.386 e. The van der Waals surface area contributed by atoms with Gasteiger partial charge in [0.25, 0.3) is 0 Å². The van der Waals surface area contributed by atoms with Gasteiger partial charge in [-0.2, -0.15) is 0 Å². The second-order valence-electron chi connectivity index (χ2n) is 5.69. The van der Waals surface area contributed by atoms with Crippen LogP contribution in [0.4, 0.5) is 0 Å². The van der Waals surface area contributed by atoms with Crippen molar-refractivity contribution in [3.8, 4) is 0 Å². The molecule has 2 rings (SSSR count). The first-order valence-electron chi connectivity index (χ1n) is 6.73. The molecule has 2 amide bonds. The third kappa shape index (κ3) is 2.83. The number of hydrogen-bond acceptors (Lipinski definition) is 3. The summed E-state index contributed by atoms with van der Waals surface area (Å²) in [6.45, 7) is 5.23. The molecule has 2 fully saturated rings. The van der Waals surface area contributed by atoms with E-state index in [0.717, 1.165) is 6.42 Å². The average Bonchev–Trinajstić information content (AvgIpc) is 3.02. The van der Waals surface area contributed by atoms with Crippen molar-refractivity contribution in [2.24, 2.45) is 11.8 Å². The highest BCUT2D eigenvalue weighted by molar-refractivity contribution is 5.82. The van der Waals surface area contributed by atoms with Gasteiger partial charge in [-0.05, 0) is 18.8 Å². The highest BCUT2D eigenvalue weighted by Crippen LogP contribution is 2.37. The average molecular weight is 254 g/mol. The minimum atomic E-state index is -0.678. The van der Waals surface area contributed by atoms with Crippen LogP contribution >= 0.6 is 0 Å². The van der Waals surface area contributed by atoms with Gasteiger partial charge in [-0.1, -0.05) is 13.8 Å². The van der Waals surface area contributed by atoms with E-state index < -0.39 is 5.60 Å². The zero-order chi connectivity index (χ0) is 13.3. The van der Waals surface area contributed by atoms with E-state index in [1.807, 2.05) is 6.92 Å².